The van der Waals surface area contributed by atoms with Gasteiger partial charge < -0.3 is 0 Å². The number of benzene rings is 2. The number of rotatable bonds is 2. The molecule has 0 aliphatic rings. The van der Waals surface area contributed by atoms with Crippen LogP contribution in [-0.4, -0.2) is 9.55 Å². The Kier molecular flexibility index (Phi) is 3.63. The first-order chi connectivity index (χ1) is 9.61. The van der Waals surface area contributed by atoms with Crippen LogP contribution in [0.4, 0.5) is 0 Å². The monoisotopic (exact) mass is 324 g/mol. The van der Waals surface area contributed by atoms with Crippen molar-refractivity contribution in [2.24, 2.45) is 0 Å². The van der Waals surface area contributed by atoms with Crippen molar-refractivity contribution < 1.29 is 0 Å². The fourth-order valence-electron chi connectivity index (χ4n) is 2.29. The third-order valence-corrected chi connectivity index (χ3v) is 4.22. The lowest BCUT2D eigenvalue weighted by Crippen LogP contribution is -1.99. The molecule has 0 saturated carbocycles. The highest BCUT2D eigenvalue weighted by Crippen LogP contribution is 2.29. The van der Waals surface area contributed by atoms with Gasteiger partial charge in [0, 0.05) is 5.69 Å². The second-order valence-corrected chi connectivity index (χ2v) is 5.62. The molecule has 0 N–H and O–H groups in total. The summed E-state index contributed by atoms with van der Waals surface area (Å²) in [6, 6.07) is 11.6. The van der Waals surface area contributed by atoms with Gasteiger partial charge in [0.15, 0.2) is 0 Å². The summed E-state index contributed by atoms with van der Waals surface area (Å²) in [7, 11) is 0. The first-order valence-electron chi connectivity index (χ1n) is 6.10. The SMILES string of the molecule is Cc1cccc2c1nc(CCl)n2-c1ccc(Cl)c(Cl)c1. The topological polar surface area (TPSA) is 17.8 Å². The van der Waals surface area contributed by atoms with E-state index in [1.165, 1.54) is 0 Å². The van der Waals surface area contributed by atoms with Crippen molar-refractivity contribution in [1.82, 2.24) is 9.55 Å². The molecule has 0 atom stereocenters. The van der Waals surface area contributed by atoms with Gasteiger partial charge in [-0.05, 0) is 36.8 Å². The maximum atomic E-state index is 6.11. The molecule has 0 bridgehead atoms. The molecule has 20 heavy (non-hydrogen) atoms. The lowest BCUT2D eigenvalue weighted by atomic mass is 10.2. The molecule has 0 saturated heterocycles. The zero-order valence-corrected chi connectivity index (χ0v) is 13.0. The normalized spacial score (nSPS) is 11.2. The predicted octanol–water partition coefficient (Wildman–Crippen LogP) is 5.38. The first kappa shape index (κ1) is 13.7. The molecule has 5 heteroatoms. The first-order valence-corrected chi connectivity index (χ1v) is 7.39. The van der Waals surface area contributed by atoms with Crippen LogP contribution in [0.5, 0.6) is 0 Å². The van der Waals surface area contributed by atoms with E-state index in [4.69, 9.17) is 34.8 Å². The largest absolute Gasteiger partial charge is 0.295 e. The van der Waals surface area contributed by atoms with Crippen molar-refractivity contribution in [2.45, 2.75) is 12.8 Å². The van der Waals surface area contributed by atoms with E-state index in [1.807, 2.05) is 41.8 Å². The molecule has 1 aromatic heterocycles. The van der Waals surface area contributed by atoms with Gasteiger partial charge in [0.25, 0.3) is 0 Å². The molecule has 3 rings (SSSR count). The number of aromatic nitrogens is 2. The van der Waals surface area contributed by atoms with Gasteiger partial charge in [-0.25, -0.2) is 4.98 Å². The fourth-order valence-corrected chi connectivity index (χ4v) is 2.76. The van der Waals surface area contributed by atoms with Crippen LogP contribution < -0.4 is 0 Å². The Bertz CT molecular complexity index is 793. The van der Waals surface area contributed by atoms with E-state index in [1.54, 1.807) is 6.07 Å². The number of hydrogen-bond acceptors (Lipinski definition) is 1. The number of fused-ring (bicyclic) bond motifs is 1. The summed E-state index contributed by atoms with van der Waals surface area (Å²) >= 11 is 18.1. The minimum Gasteiger partial charge on any atom is -0.295 e. The Morgan fingerprint density at radius 2 is 1.90 bits per heavy atom. The lowest BCUT2D eigenvalue weighted by Gasteiger charge is -2.09. The molecule has 0 spiro atoms. The van der Waals surface area contributed by atoms with Crippen molar-refractivity contribution in [3.05, 3.63) is 57.8 Å². The van der Waals surface area contributed by atoms with Crippen LogP contribution in [-0.2, 0) is 5.88 Å². The fraction of sp³-hybridized carbons (Fsp3) is 0.133. The van der Waals surface area contributed by atoms with Crippen LogP contribution >= 0.6 is 34.8 Å². The zero-order valence-electron chi connectivity index (χ0n) is 10.7. The van der Waals surface area contributed by atoms with Gasteiger partial charge in [0.05, 0.1) is 27.0 Å². The third kappa shape index (κ3) is 2.18. The summed E-state index contributed by atoms with van der Waals surface area (Å²) in [5.41, 5.74) is 3.99. The van der Waals surface area contributed by atoms with E-state index in [0.717, 1.165) is 28.1 Å². The minimum atomic E-state index is 0.328. The van der Waals surface area contributed by atoms with Crippen molar-refractivity contribution in [3.8, 4) is 5.69 Å². The quantitative estimate of drug-likeness (QED) is 0.578. The van der Waals surface area contributed by atoms with Gasteiger partial charge in [-0.3, -0.25) is 4.57 Å². The highest BCUT2D eigenvalue weighted by atomic mass is 35.5. The smallest absolute Gasteiger partial charge is 0.129 e. The Morgan fingerprint density at radius 3 is 2.60 bits per heavy atom. The maximum absolute atomic E-state index is 6.11. The van der Waals surface area contributed by atoms with Crippen LogP contribution in [0.1, 0.15) is 11.4 Å². The summed E-state index contributed by atoms with van der Waals surface area (Å²) in [5.74, 6) is 1.11. The number of aryl methyl sites for hydroxylation is 1. The second kappa shape index (κ2) is 5.28. The molecule has 2 aromatic carbocycles. The summed E-state index contributed by atoms with van der Waals surface area (Å²) in [6.45, 7) is 2.03. The zero-order chi connectivity index (χ0) is 14.3. The van der Waals surface area contributed by atoms with Crippen LogP contribution in [0.15, 0.2) is 36.4 Å². The number of hydrogen-bond donors (Lipinski definition) is 0. The number of alkyl halides is 1. The molecular weight excluding hydrogens is 315 g/mol. The van der Waals surface area contributed by atoms with Gasteiger partial charge in [0.2, 0.25) is 0 Å². The molecule has 0 aliphatic heterocycles. The molecule has 0 radical (unpaired) electrons. The second-order valence-electron chi connectivity index (χ2n) is 4.54. The Hall–Kier alpha value is -1.22. The van der Waals surface area contributed by atoms with Crippen LogP contribution in [0.25, 0.3) is 16.7 Å². The van der Waals surface area contributed by atoms with Gasteiger partial charge in [-0.1, -0.05) is 35.3 Å². The average molecular weight is 326 g/mol. The van der Waals surface area contributed by atoms with E-state index in [-0.39, 0.29) is 0 Å². The predicted molar refractivity (Wildman–Crippen MR) is 85.4 cm³/mol. The van der Waals surface area contributed by atoms with E-state index in [2.05, 4.69) is 4.98 Å². The van der Waals surface area contributed by atoms with Crippen molar-refractivity contribution in [1.29, 1.82) is 0 Å². The molecule has 0 fully saturated rings. The summed E-state index contributed by atoms with van der Waals surface area (Å²) in [6.07, 6.45) is 0. The number of halogens is 3. The molecule has 1 heterocycles. The van der Waals surface area contributed by atoms with Crippen LogP contribution in [0.2, 0.25) is 10.0 Å². The van der Waals surface area contributed by atoms with E-state index < -0.39 is 0 Å². The van der Waals surface area contributed by atoms with Crippen molar-refractivity contribution in [2.75, 3.05) is 0 Å². The molecule has 0 aliphatic carbocycles. The highest BCUT2D eigenvalue weighted by molar-refractivity contribution is 6.42. The van der Waals surface area contributed by atoms with E-state index in [0.29, 0.717) is 15.9 Å². The molecule has 0 unspecified atom stereocenters. The lowest BCUT2D eigenvalue weighted by molar-refractivity contribution is 0.982. The third-order valence-electron chi connectivity index (χ3n) is 3.24. The number of imidazole rings is 1. The Labute approximate surface area is 131 Å². The minimum absolute atomic E-state index is 0.328. The summed E-state index contributed by atoms with van der Waals surface area (Å²) in [4.78, 5) is 4.61. The van der Waals surface area contributed by atoms with Crippen LogP contribution in [0, 0.1) is 6.92 Å². The van der Waals surface area contributed by atoms with Crippen LogP contribution in [0.3, 0.4) is 0 Å². The number of para-hydroxylation sites is 1. The molecule has 2 nitrogen and oxygen atoms in total. The highest BCUT2D eigenvalue weighted by Gasteiger charge is 2.13. The summed E-state index contributed by atoms with van der Waals surface area (Å²) in [5, 5.41) is 1.04. The van der Waals surface area contributed by atoms with Gasteiger partial charge in [-0.2, -0.15) is 0 Å². The van der Waals surface area contributed by atoms with Gasteiger partial charge in [0.1, 0.15) is 5.82 Å². The Morgan fingerprint density at radius 1 is 1.10 bits per heavy atom. The van der Waals surface area contributed by atoms with Crippen molar-refractivity contribution in [3.63, 3.8) is 0 Å². The molecule has 0 amide bonds. The van der Waals surface area contributed by atoms with Crippen molar-refractivity contribution >= 4 is 45.8 Å². The molecular formula is C15H11Cl3N2. The van der Waals surface area contributed by atoms with E-state index in [9.17, 15) is 0 Å². The molecule has 102 valence electrons. The van der Waals surface area contributed by atoms with E-state index >= 15 is 0 Å². The standard InChI is InChI=1S/C15H11Cl3N2/c1-9-3-2-4-13-15(9)19-14(8-16)20(13)10-5-6-11(17)12(18)7-10/h2-7H,8H2,1H3. The summed E-state index contributed by atoms with van der Waals surface area (Å²) < 4.78 is 2.01. The number of nitrogens with zero attached hydrogens (tertiary/aromatic N) is 2. The maximum Gasteiger partial charge on any atom is 0.129 e. The Balaban J connectivity index is 2.34. The average Bonchev–Trinajstić information content (AvgIpc) is 2.82. The molecule has 3 aromatic rings. The van der Waals surface area contributed by atoms with Gasteiger partial charge >= 0.3 is 0 Å². The van der Waals surface area contributed by atoms with Gasteiger partial charge in [-0.15, -0.1) is 11.6 Å².